The number of hydrogen-bond acceptors (Lipinski definition) is 3. The second-order valence-corrected chi connectivity index (χ2v) is 4.70. The van der Waals surface area contributed by atoms with E-state index in [1.807, 2.05) is 36.4 Å². The number of phenolic OH excluding ortho intramolecular Hbond substituents is 1. The summed E-state index contributed by atoms with van der Waals surface area (Å²) >= 11 is 7.65. The van der Waals surface area contributed by atoms with E-state index in [9.17, 15) is 0 Å². The highest BCUT2D eigenvalue weighted by Gasteiger charge is 2.00. The molecule has 18 heavy (non-hydrogen) atoms. The number of para-hydroxylation sites is 1. The molecular weight excluding hydrogens is 264 g/mol. The first-order valence-corrected chi connectivity index (χ1v) is 5.98. The lowest BCUT2D eigenvalue weighted by Crippen LogP contribution is -1.94. The average molecular weight is 278 g/mol. The summed E-state index contributed by atoms with van der Waals surface area (Å²) < 4.78 is 0.194. The minimum atomic E-state index is 0.194. The van der Waals surface area contributed by atoms with Crippen LogP contribution in [0.3, 0.4) is 0 Å². The zero-order valence-electron chi connectivity index (χ0n) is 9.58. The maximum Gasteiger partial charge on any atom is 0.128 e. The van der Waals surface area contributed by atoms with Crippen molar-refractivity contribution in [3.8, 4) is 16.9 Å². The van der Waals surface area contributed by atoms with Crippen LogP contribution >= 0.6 is 24.8 Å². The summed E-state index contributed by atoms with van der Waals surface area (Å²) in [7, 11) is 0. The van der Waals surface area contributed by atoms with Gasteiger partial charge in [0.1, 0.15) is 10.1 Å². The minimum Gasteiger partial charge on any atom is -0.508 e. The Bertz CT molecular complexity index is 523. The molecule has 0 radical (unpaired) electrons. The molecule has 0 amide bonds. The predicted octanol–water partition coefficient (Wildman–Crippen LogP) is 2.80. The molecule has 0 heterocycles. The van der Waals surface area contributed by atoms with Crippen molar-refractivity contribution in [3.05, 3.63) is 48.5 Å². The van der Waals surface area contributed by atoms with Crippen LogP contribution in [0.25, 0.3) is 11.1 Å². The molecule has 5 N–H and O–H groups in total. The van der Waals surface area contributed by atoms with Crippen LogP contribution in [0.4, 0.5) is 5.69 Å². The number of aromatic hydroxyl groups is 1. The maximum atomic E-state index is 9.14. The topological polar surface area (TPSA) is 72.3 Å². The van der Waals surface area contributed by atoms with Gasteiger partial charge in [0, 0.05) is 11.3 Å². The van der Waals surface area contributed by atoms with Gasteiger partial charge in [0.05, 0.1) is 0 Å². The second kappa shape index (κ2) is 6.88. The van der Waals surface area contributed by atoms with E-state index in [4.69, 9.17) is 16.6 Å². The number of nitrogens with two attached hydrogens (primary N) is 2. The van der Waals surface area contributed by atoms with Crippen LogP contribution in [-0.4, -0.2) is 9.43 Å². The summed E-state index contributed by atoms with van der Waals surface area (Å²) in [4.78, 5) is 0. The Morgan fingerprint density at radius 2 is 1.56 bits per heavy atom. The Kier molecular flexibility index (Phi) is 5.48. The van der Waals surface area contributed by atoms with Crippen molar-refractivity contribution in [2.75, 3.05) is 5.73 Å². The lowest BCUT2D eigenvalue weighted by atomic mass is 10.0. The van der Waals surface area contributed by atoms with Gasteiger partial charge < -0.3 is 16.6 Å². The van der Waals surface area contributed by atoms with Crippen LogP contribution in [0, 0.1) is 0 Å². The molecule has 0 aliphatic heterocycles. The molecule has 0 spiro atoms. The van der Waals surface area contributed by atoms with Crippen molar-refractivity contribution >= 4 is 34.9 Å². The molecule has 0 aliphatic rings. The van der Waals surface area contributed by atoms with Gasteiger partial charge >= 0.3 is 0 Å². The molecular formula is C13H14N2OS2. The van der Waals surface area contributed by atoms with E-state index >= 15 is 0 Å². The third kappa shape index (κ3) is 4.65. The molecule has 2 rings (SSSR count). The van der Waals surface area contributed by atoms with Gasteiger partial charge in [0.25, 0.3) is 0 Å². The highest BCUT2D eigenvalue weighted by Crippen LogP contribution is 2.26. The fourth-order valence-corrected chi connectivity index (χ4v) is 1.40. The second-order valence-electron chi connectivity index (χ2n) is 3.47. The fourth-order valence-electron chi connectivity index (χ4n) is 1.40. The van der Waals surface area contributed by atoms with Gasteiger partial charge in [-0.25, -0.2) is 0 Å². The van der Waals surface area contributed by atoms with E-state index in [1.165, 1.54) is 0 Å². The first kappa shape index (κ1) is 14.3. The summed E-state index contributed by atoms with van der Waals surface area (Å²) in [6, 6.07) is 14.7. The molecule has 0 fully saturated rings. The van der Waals surface area contributed by atoms with Gasteiger partial charge in [-0.05, 0) is 23.8 Å². The summed E-state index contributed by atoms with van der Waals surface area (Å²) in [6.45, 7) is 0. The van der Waals surface area contributed by atoms with Crippen LogP contribution in [-0.2, 0) is 0 Å². The number of rotatable bonds is 1. The van der Waals surface area contributed by atoms with Crippen molar-refractivity contribution in [2.45, 2.75) is 0 Å². The van der Waals surface area contributed by atoms with E-state index in [-0.39, 0.29) is 10.1 Å². The number of nitrogen functional groups attached to an aromatic ring is 1. The van der Waals surface area contributed by atoms with E-state index in [0.717, 1.165) is 16.8 Å². The molecule has 0 aromatic heterocycles. The van der Waals surface area contributed by atoms with Crippen LogP contribution in [0.15, 0.2) is 48.5 Å². The van der Waals surface area contributed by atoms with Crippen LogP contribution in [0.1, 0.15) is 0 Å². The van der Waals surface area contributed by atoms with Gasteiger partial charge in [-0.3, -0.25) is 0 Å². The Labute approximate surface area is 117 Å². The first-order valence-electron chi connectivity index (χ1n) is 5.13. The van der Waals surface area contributed by atoms with Gasteiger partial charge in [-0.15, -0.1) is 12.6 Å². The zero-order chi connectivity index (χ0) is 13.5. The van der Waals surface area contributed by atoms with Gasteiger partial charge in [-0.2, -0.15) is 0 Å². The molecule has 0 saturated heterocycles. The number of hydrogen-bond donors (Lipinski definition) is 4. The SMILES string of the molecule is NC(=S)S.Nc1ccccc1-c1ccc(O)cc1. The van der Waals surface area contributed by atoms with Crippen molar-refractivity contribution in [2.24, 2.45) is 5.73 Å². The molecule has 5 heteroatoms. The third-order valence-electron chi connectivity index (χ3n) is 2.14. The van der Waals surface area contributed by atoms with Crippen molar-refractivity contribution in [1.82, 2.24) is 0 Å². The number of anilines is 1. The van der Waals surface area contributed by atoms with Gasteiger partial charge in [0.2, 0.25) is 0 Å². The predicted molar refractivity (Wildman–Crippen MR) is 83.7 cm³/mol. The standard InChI is InChI=1S/C12H11NO.CH3NS2/c13-12-4-2-1-3-11(12)9-5-7-10(14)8-6-9;2-1(3)4/h1-8,14H,13H2;(H3,2,3,4). The molecule has 94 valence electrons. The molecule has 2 aromatic rings. The first-order chi connectivity index (χ1) is 8.50. The van der Waals surface area contributed by atoms with Crippen LogP contribution < -0.4 is 11.5 Å². The zero-order valence-corrected chi connectivity index (χ0v) is 11.3. The lowest BCUT2D eigenvalue weighted by Gasteiger charge is -2.04. The Morgan fingerprint density at radius 1 is 1.06 bits per heavy atom. The molecule has 0 atom stereocenters. The van der Waals surface area contributed by atoms with Crippen molar-refractivity contribution in [1.29, 1.82) is 0 Å². The summed E-state index contributed by atoms with van der Waals surface area (Å²) in [5, 5.41) is 9.14. The molecule has 0 saturated carbocycles. The van der Waals surface area contributed by atoms with Crippen molar-refractivity contribution in [3.63, 3.8) is 0 Å². The summed E-state index contributed by atoms with van der Waals surface area (Å²) in [6.07, 6.45) is 0. The van der Waals surface area contributed by atoms with E-state index in [1.54, 1.807) is 12.1 Å². The molecule has 3 nitrogen and oxygen atoms in total. The van der Waals surface area contributed by atoms with Crippen molar-refractivity contribution < 1.29 is 5.11 Å². The van der Waals surface area contributed by atoms with E-state index < -0.39 is 0 Å². The lowest BCUT2D eigenvalue weighted by molar-refractivity contribution is 0.475. The highest BCUT2D eigenvalue weighted by atomic mass is 32.1. The van der Waals surface area contributed by atoms with E-state index in [2.05, 4.69) is 24.8 Å². The Balaban J connectivity index is 0.000000357. The smallest absolute Gasteiger partial charge is 0.128 e. The Morgan fingerprint density at radius 3 is 2.06 bits per heavy atom. The third-order valence-corrected chi connectivity index (χ3v) is 2.14. The summed E-state index contributed by atoms with van der Waals surface area (Å²) in [5.74, 6) is 0.267. The normalized spacial score (nSPS) is 9.17. The van der Waals surface area contributed by atoms with Crippen LogP contribution in [0.2, 0.25) is 0 Å². The molecule has 0 unspecified atom stereocenters. The molecule has 0 bridgehead atoms. The fraction of sp³-hybridized carbons (Fsp3) is 0. The largest absolute Gasteiger partial charge is 0.508 e. The number of thiocarbonyl (C=S) groups is 1. The monoisotopic (exact) mass is 278 g/mol. The Hall–Kier alpha value is -1.72. The average Bonchev–Trinajstić information content (AvgIpc) is 2.30. The number of phenols is 1. The van der Waals surface area contributed by atoms with Crippen LogP contribution in [0.5, 0.6) is 5.75 Å². The minimum absolute atomic E-state index is 0.194. The maximum absolute atomic E-state index is 9.14. The van der Waals surface area contributed by atoms with Gasteiger partial charge in [0.15, 0.2) is 0 Å². The summed E-state index contributed by atoms with van der Waals surface area (Å²) in [5.41, 5.74) is 13.3. The number of thiol groups is 1. The molecule has 0 aliphatic carbocycles. The van der Waals surface area contributed by atoms with Gasteiger partial charge in [-0.1, -0.05) is 42.5 Å². The highest BCUT2D eigenvalue weighted by molar-refractivity contribution is 8.10. The van der Waals surface area contributed by atoms with E-state index in [0.29, 0.717) is 0 Å². The number of benzene rings is 2. The quantitative estimate of drug-likeness (QED) is 0.368. The molecule has 2 aromatic carbocycles.